The molecule has 70 valence electrons. The summed E-state index contributed by atoms with van der Waals surface area (Å²) in [6.45, 7) is 0.819. The Bertz CT molecular complexity index is 141. The third kappa shape index (κ3) is 1.78. The summed E-state index contributed by atoms with van der Waals surface area (Å²) in [6, 6.07) is 0. The Morgan fingerprint density at radius 1 is 1.42 bits per heavy atom. The first-order valence-corrected chi connectivity index (χ1v) is 5.91. The van der Waals surface area contributed by atoms with Crippen LogP contribution in [0.2, 0.25) is 0 Å². The molecule has 0 spiro atoms. The molecular weight excluding hydrogens is 172 g/mol. The highest BCUT2D eigenvalue weighted by atomic mass is 32.2. The van der Waals surface area contributed by atoms with E-state index in [-0.39, 0.29) is 12.2 Å². The van der Waals surface area contributed by atoms with E-state index in [1.54, 1.807) is 0 Å². The molecule has 2 unspecified atom stereocenters. The summed E-state index contributed by atoms with van der Waals surface area (Å²) in [7, 11) is 0. The van der Waals surface area contributed by atoms with E-state index >= 15 is 0 Å². The highest BCUT2D eigenvalue weighted by molar-refractivity contribution is 7.99. The van der Waals surface area contributed by atoms with Gasteiger partial charge in [-0.1, -0.05) is 6.42 Å². The Labute approximate surface area is 77.7 Å². The van der Waals surface area contributed by atoms with E-state index in [1.807, 2.05) is 11.8 Å². The molecule has 1 saturated heterocycles. The van der Waals surface area contributed by atoms with Crippen molar-refractivity contribution in [3.05, 3.63) is 0 Å². The van der Waals surface area contributed by atoms with Gasteiger partial charge >= 0.3 is 0 Å². The van der Waals surface area contributed by atoms with Crippen LogP contribution in [0, 0.1) is 5.92 Å². The molecule has 12 heavy (non-hydrogen) atoms. The van der Waals surface area contributed by atoms with Crippen molar-refractivity contribution in [1.82, 2.24) is 0 Å². The summed E-state index contributed by atoms with van der Waals surface area (Å²) in [5.41, 5.74) is 0. The van der Waals surface area contributed by atoms with Crippen molar-refractivity contribution < 1.29 is 9.84 Å². The Morgan fingerprint density at radius 2 is 2.25 bits per heavy atom. The molecule has 0 aromatic rings. The molecule has 1 aliphatic heterocycles. The van der Waals surface area contributed by atoms with E-state index in [4.69, 9.17) is 4.74 Å². The molecule has 1 aliphatic carbocycles. The Balaban J connectivity index is 1.80. The summed E-state index contributed by atoms with van der Waals surface area (Å²) in [6.07, 6.45) is 3.62. The van der Waals surface area contributed by atoms with E-state index in [1.165, 1.54) is 19.3 Å². The fraction of sp³-hybridized carbons (Fsp3) is 1.00. The van der Waals surface area contributed by atoms with Crippen LogP contribution < -0.4 is 0 Å². The van der Waals surface area contributed by atoms with E-state index in [9.17, 15) is 5.11 Å². The lowest BCUT2D eigenvalue weighted by molar-refractivity contribution is -0.0646. The predicted octanol–water partition coefficient (Wildman–Crippen LogP) is 1.28. The molecule has 2 rings (SSSR count). The van der Waals surface area contributed by atoms with Gasteiger partial charge in [-0.25, -0.2) is 0 Å². The zero-order valence-corrected chi connectivity index (χ0v) is 8.05. The van der Waals surface area contributed by atoms with Gasteiger partial charge in [0.15, 0.2) is 0 Å². The lowest BCUT2D eigenvalue weighted by Crippen LogP contribution is -2.42. The average molecular weight is 188 g/mol. The number of hydrogen-bond donors (Lipinski definition) is 1. The van der Waals surface area contributed by atoms with Crippen LogP contribution in [-0.4, -0.2) is 35.4 Å². The second-order valence-corrected chi connectivity index (χ2v) is 4.82. The fourth-order valence-electron chi connectivity index (χ4n) is 1.79. The van der Waals surface area contributed by atoms with Gasteiger partial charge in [0.1, 0.15) is 0 Å². The normalized spacial score (nSPS) is 34.2. The van der Waals surface area contributed by atoms with Crippen LogP contribution in [0.25, 0.3) is 0 Å². The highest BCUT2D eigenvalue weighted by Gasteiger charge is 2.33. The number of aliphatic hydroxyl groups excluding tert-OH is 1. The summed E-state index contributed by atoms with van der Waals surface area (Å²) in [5.74, 6) is 2.61. The molecule has 3 heteroatoms. The molecule has 2 fully saturated rings. The molecule has 2 nitrogen and oxygen atoms in total. The van der Waals surface area contributed by atoms with Crippen LogP contribution in [0.1, 0.15) is 19.3 Å². The SMILES string of the molecule is OC(C1CCC1)C1CSCCO1. The van der Waals surface area contributed by atoms with Crippen molar-refractivity contribution >= 4 is 11.8 Å². The number of aliphatic hydroxyl groups is 1. The van der Waals surface area contributed by atoms with Gasteiger partial charge in [0.05, 0.1) is 18.8 Å². The molecular formula is C9H16O2S. The van der Waals surface area contributed by atoms with Gasteiger partial charge in [-0.15, -0.1) is 0 Å². The zero-order chi connectivity index (χ0) is 8.39. The van der Waals surface area contributed by atoms with Crippen molar-refractivity contribution in [2.45, 2.75) is 31.5 Å². The molecule has 1 N–H and O–H groups in total. The van der Waals surface area contributed by atoms with Gasteiger partial charge in [0.2, 0.25) is 0 Å². The summed E-state index contributed by atoms with van der Waals surface area (Å²) in [4.78, 5) is 0. The molecule has 2 aliphatic rings. The maximum Gasteiger partial charge on any atom is 0.0927 e. The topological polar surface area (TPSA) is 29.5 Å². The second-order valence-electron chi connectivity index (χ2n) is 3.67. The van der Waals surface area contributed by atoms with E-state index in [0.29, 0.717) is 5.92 Å². The minimum atomic E-state index is -0.188. The van der Waals surface area contributed by atoms with Gasteiger partial charge in [-0.05, 0) is 18.8 Å². The first kappa shape index (κ1) is 8.85. The molecule has 2 atom stereocenters. The first-order chi connectivity index (χ1) is 5.88. The van der Waals surface area contributed by atoms with Crippen LogP contribution in [-0.2, 0) is 4.74 Å². The molecule has 0 aromatic heterocycles. The van der Waals surface area contributed by atoms with Crippen LogP contribution >= 0.6 is 11.8 Å². The minimum Gasteiger partial charge on any atom is -0.390 e. The van der Waals surface area contributed by atoms with Crippen LogP contribution in [0.4, 0.5) is 0 Å². The van der Waals surface area contributed by atoms with Crippen LogP contribution in [0.15, 0.2) is 0 Å². The second kappa shape index (κ2) is 3.99. The summed E-state index contributed by atoms with van der Waals surface area (Å²) >= 11 is 1.90. The van der Waals surface area contributed by atoms with Crippen molar-refractivity contribution in [3.63, 3.8) is 0 Å². The Kier molecular flexibility index (Phi) is 2.94. The minimum absolute atomic E-state index is 0.119. The molecule has 0 bridgehead atoms. The lowest BCUT2D eigenvalue weighted by Gasteiger charge is -2.36. The van der Waals surface area contributed by atoms with Crippen LogP contribution in [0.3, 0.4) is 0 Å². The number of ether oxygens (including phenoxy) is 1. The van der Waals surface area contributed by atoms with Gasteiger partial charge in [0, 0.05) is 11.5 Å². The third-order valence-electron chi connectivity index (χ3n) is 2.86. The maximum atomic E-state index is 9.86. The fourth-order valence-corrected chi connectivity index (χ4v) is 2.69. The van der Waals surface area contributed by atoms with E-state index in [0.717, 1.165) is 18.1 Å². The van der Waals surface area contributed by atoms with Crippen molar-refractivity contribution in [3.8, 4) is 0 Å². The van der Waals surface area contributed by atoms with Crippen LogP contribution in [0.5, 0.6) is 0 Å². The molecule has 1 heterocycles. The lowest BCUT2D eigenvalue weighted by atomic mass is 9.79. The van der Waals surface area contributed by atoms with E-state index < -0.39 is 0 Å². The predicted molar refractivity (Wildman–Crippen MR) is 50.4 cm³/mol. The van der Waals surface area contributed by atoms with Crippen molar-refractivity contribution in [2.75, 3.05) is 18.1 Å². The Hall–Kier alpha value is 0.270. The average Bonchev–Trinajstić information content (AvgIpc) is 2.03. The highest BCUT2D eigenvalue weighted by Crippen LogP contribution is 2.33. The monoisotopic (exact) mass is 188 g/mol. The molecule has 0 aromatic carbocycles. The molecule has 0 amide bonds. The van der Waals surface area contributed by atoms with E-state index in [2.05, 4.69) is 0 Å². The van der Waals surface area contributed by atoms with Gasteiger partial charge < -0.3 is 9.84 Å². The smallest absolute Gasteiger partial charge is 0.0927 e. The number of hydrogen-bond acceptors (Lipinski definition) is 3. The van der Waals surface area contributed by atoms with Gasteiger partial charge in [-0.2, -0.15) is 11.8 Å². The molecule has 1 saturated carbocycles. The van der Waals surface area contributed by atoms with Gasteiger partial charge in [0.25, 0.3) is 0 Å². The van der Waals surface area contributed by atoms with Gasteiger partial charge in [-0.3, -0.25) is 0 Å². The number of thioether (sulfide) groups is 1. The number of rotatable bonds is 2. The summed E-state index contributed by atoms with van der Waals surface area (Å²) in [5, 5.41) is 9.86. The maximum absolute atomic E-state index is 9.86. The zero-order valence-electron chi connectivity index (χ0n) is 7.24. The quantitative estimate of drug-likeness (QED) is 0.708. The van der Waals surface area contributed by atoms with Crippen molar-refractivity contribution in [1.29, 1.82) is 0 Å². The standard InChI is InChI=1S/C9H16O2S/c10-9(7-2-1-3-7)8-6-12-5-4-11-8/h7-10H,1-6H2. The molecule has 0 radical (unpaired) electrons. The summed E-state index contributed by atoms with van der Waals surface area (Å²) < 4.78 is 5.53. The third-order valence-corrected chi connectivity index (χ3v) is 3.88. The first-order valence-electron chi connectivity index (χ1n) is 4.75. The van der Waals surface area contributed by atoms with Crippen molar-refractivity contribution in [2.24, 2.45) is 5.92 Å². The Morgan fingerprint density at radius 3 is 2.75 bits per heavy atom. The largest absolute Gasteiger partial charge is 0.390 e.